The van der Waals surface area contributed by atoms with E-state index >= 15 is 0 Å². The molecule has 0 radical (unpaired) electrons. The first kappa shape index (κ1) is 17.1. The highest BCUT2D eigenvalue weighted by Crippen LogP contribution is 2.18. The van der Waals surface area contributed by atoms with Crippen LogP contribution in [-0.4, -0.2) is 23.9 Å². The smallest absolute Gasteiger partial charge is 0.338 e. The number of ether oxygens (including phenoxy) is 1. The summed E-state index contributed by atoms with van der Waals surface area (Å²) in [6.45, 7) is -0.0955. The minimum atomic E-state index is -0.804. The van der Waals surface area contributed by atoms with Gasteiger partial charge >= 0.3 is 5.97 Å². The average Bonchev–Trinajstić information content (AvgIpc) is 2.59. The molecular formula is C16H13FN2O5. The van der Waals surface area contributed by atoms with E-state index in [0.29, 0.717) is 0 Å². The lowest BCUT2D eigenvalue weighted by molar-refractivity contribution is -0.384. The topological polar surface area (TPSA) is 98.5 Å². The van der Waals surface area contributed by atoms with Gasteiger partial charge in [-0.05, 0) is 12.1 Å². The van der Waals surface area contributed by atoms with Crippen LogP contribution in [0.3, 0.4) is 0 Å². The molecule has 0 aliphatic rings. The molecule has 8 heteroatoms. The summed E-state index contributed by atoms with van der Waals surface area (Å²) in [6, 6.07) is 9.11. The van der Waals surface area contributed by atoms with Gasteiger partial charge in [0.15, 0.2) is 0 Å². The maximum atomic E-state index is 13.5. The summed E-state index contributed by atoms with van der Waals surface area (Å²) >= 11 is 0. The molecule has 0 bridgehead atoms. The summed E-state index contributed by atoms with van der Waals surface area (Å²) in [7, 11) is 1.12. The molecule has 0 saturated carbocycles. The highest BCUT2D eigenvalue weighted by atomic mass is 19.1. The van der Waals surface area contributed by atoms with Gasteiger partial charge in [0.25, 0.3) is 11.6 Å². The minimum Gasteiger partial charge on any atom is -0.465 e. The number of carbonyl (C=O) groups excluding carboxylic acids is 2. The number of amides is 1. The highest BCUT2D eigenvalue weighted by molar-refractivity contribution is 5.98. The first-order valence-electron chi connectivity index (χ1n) is 6.81. The molecule has 0 saturated heterocycles. The van der Waals surface area contributed by atoms with Gasteiger partial charge in [-0.1, -0.05) is 18.2 Å². The number of nitrogens with one attached hydrogen (secondary N) is 1. The second-order valence-electron chi connectivity index (χ2n) is 4.79. The summed E-state index contributed by atoms with van der Waals surface area (Å²) in [5.74, 6) is -1.96. The Balaban J connectivity index is 2.25. The first-order chi connectivity index (χ1) is 11.4. The predicted molar refractivity (Wildman–Crippen MR) is 82.0 cm³/mol. The van der Waals surface area contributed by atoms with Gasteiger partial charge in [0.05, 0.1) is 17.6 Å². The number of methoxy groups -OCH3 is 1. The molecule has 2 aromatic rings. The number of benzene rings is 2. The summed E-state index contributed by atoms with van der Waals surface area (Å²) in [4.78, 5) is 33.9. The van der Waals surface area contributed by atoms with Crippen LogP contribution in [0.5, 0.6) is 0 Å². The largest absolute Gasteiger partial charge is 0.465 e. The van der Waals surface area contributed by atoms with E-state index in [2.05, 4.69) is 10.1 Å². The molecule has 0 unspecified atom stereocenters. The molecule has 124 valence electrons. The monoisotopic (exact) mass is 332 g/mol. The first-order valence-corrected chi connectivity index (χ1v) is 6.81. The fourth-order valence-electron chi connectivity index (χ4n) is 2.00. The minimum absolute atomic E-state index is 0.0955. The Labute approximate surface area is 136 Å². The molecule has 0 heterocycles. The van der Waals surface area contributed by atoms with Crippen LogP contribution in [0.25, 0.3) is 0 Å². The van der Waals surface area contributed by atoms with Crippen molar-refractivity contribution in [1.82, 2.24) is 5.32 Å². The number of carbonyl (C=O) groups is 2. The highest BCUT2D eigenvalue weighted by Gasteiger charge is 2.18. The quantitative estimate of drug-likeness (QED) is 0.515. The van der Waals surface area contributed by atoms with E-state index in [0.717, 1.165) is 19.2 Å². The molecule has 0 fully saturated rings. The maximum absolute atomic E-state index is 13.5. The fraction of sp³-hybridized carbons (Fsp3) is 0.125. The third kappa shape index (κ3) is 3.92. The van der Waals surface area contributed by atoms with Crippen molar-refractivity contribution in [3.63, 3.8) is 0 Å². The van der Waals surface area contributed by atoms with Crippen LogP contribution in [0.15, 0.2) is 42.5 Å². The summed E-state index contributed by atoms with van der Waals surface area (Å²) < 4.78 is 18.0. The molecule has 0 aliphatic heterocycles. The molecule has 0 aromatic heterocycles. The third-order valence-corrected chi connectivity index (χ3v) is 3.21. The van der Waals surface area contributed by atoms with Crippen molar-refractivity contribution in [1.29, 1.82) is 0 Å². The summed E-state index contributed by atoms with van der Waals surface area (Å²) in [5, 5.41) is 13.4. The van der Waals surface area contributed by atoms with Crippen molar-refractivity contribution < 1.29 is 23.6 Å². The molecule has 2 aromatic carbocycles. The molecule has 1 amide bonds. The van der Waals surface area contributed by atoms with Gasteiger partial charge in [-0.25, -0.2) is 9.18 Å². The van der Waals surface area contributed by atoms with E-state index in [1.807, 2.05) is 0 Å². The lowest BCUT2D eigenvalue weighted by atomic mass is 10.1. The number of nitro groups is 1. The van der Waals surface area contributed by atoms with E-state index in [-0.39, 0.29) is 23.2 Å². The van der Waals surface area contributed by atoms with Gasteiger partial charge in [0.1, 0.15) is 5.82 Å². The predicted octanol–water partition coefficient (Wildman–Crippen LogP) is 2.45. The van der Waals surface area contributed by atoms with Crippen molar-refractivity contribution in [3.8, 4) is 0 Å². The number of esters is 1. The SMILES string of the molecule is COC(=O)c1cc(C(=O)NCc2ccccc2F)cc([N+](=O)[O-])c1. The number of nitro benzene ring substituents is 1. The normalized spacial score (nSPS) is 10.1. The summed E-state index contributed by atoms with van der Waals surface area (Å²) in [5.41, 5.74) is -0.373. The van der Waals surface area contributed by atoms with Crippen LogP contribution < -0.4 is 5.32 Å². The van der Waals surface area contributed by atoms with E-state index in [9.17, 15) is 24.1 Å². The zero-order chi connectivity index (χ0) is 17.7. The number of halogens is 1. The Morgan fingerprint density at radius 3 is 2.50 bits per heavy atom. The second kappa shape index (κ2) is 7.32. The van der Waals surface area contributed by atoms with Gasteiger partial charge in [-0.15, -0.1) is 0 Å². The molecule has 0 atom stereocenters. The van der Waals surface area contributed by atoms with E-state index < -0.39 is 28.3 Å². The zero-order valence-corrected chi connectivity index (χ0v) is 12.6. The van der Waals surface area contributed by atoms with E-state index in [4.69, 9.17) is 0 Å². The third-order valence-electron chi connectivity index (χ3n) is 3.21. The van der Waals surface area contributed by atoms with Crippen molar-refractivity contribution in [2.24, 2.45) is 0 Å². The Morgan fingerprint density at radius 1 is 1.21 bits per heavy atom. The van der Waals surface area contributed by atoms with Crippen LogP contribution in [-0.2, 0) is 11.3 Å². The van der Waals surface area contributed by atoms with Crippen LogP contribution in [0.2, 0.25) is 0 Å². The standard InChI is InChI=1S/C16H13FN2O5/c1-24-16(21)12-6-11(7-13(8-12)19(22)23)15(20)18-9-10-4-2-3-5-14(10)17/h2-8H,9H2,1H3,(H,18,20). The molecule has 2 rings (SSSR count). The van der Waals surface area contributed by atoms with Gasteiger partial charge in [-0.2, -0.15) is 0 Å². The van der Waals surface area contributed by atoms with Crippen LogP contribution >= 0.6 is 0 Å². The lowest BCUT2D eigenvalue weighted by Crippen LogP contribution is -2.23. The Hall–Kier alpha value is -3.29. The van der Waals surface area contributed by atoms with Crippen molar-refractivity contribution >= 4 is 17.6 Å². The Morgan fingerprint density at radius 2 is 1.88 bits per heavy atom. The number of rotatable bonds is 5. The van der Waals surface area contributed by atoms with Gasteiger partial charge in [-0.3, -0.25) is 14.9 Å². The van der Waals surface area contributed by atoms with Crippen molar-refractivity contribution in [2.45, 2.75) is 6.54 Å². The summed E-state index contributed by atoms with van der Waals surface area (Å²) in [6.07, 6.45) is 0. The zero-order valence-electron chi connectivity index (χ0n) is 12.6. The number of hydrogen-bond donors (Lipinski definition) is 1. The second-order valence-corrected chi connectivity index (χ2v) is 4.79. The molecular weight excluding hydrogens is 319 g/mol. The number of nitrogens with zero attached hydrogens (tertiary/aromatic N) is 1. The van der Waals surface area contributed by atoms with Crippen molar-refractivity contribution in [3.05, 3.63) is 75.1 Å². The van der Waals surface area contributed by atoms with Crippen molar-refractivity contribution in [2.75, 3.05) is 7.11 Å². The Bertz CT molecular complexity index is 807. The average molecular weight is 332 g/mol. The molecule has 0 spiro atoms. The lowest BCUT2D eigenvalue weighted by Gasteiger charge is -2.07. The van der Waals surface area contributed by atoms with E-state index in [1.165, 1.54) is 24.3 Å². The van der Waals surface area contributed by atoms with Gasteiger partial charge < -0.3 is 10.1 Å². The van der Waals surface area contributed by atoms with Crippen LogP contribution in [0.1, 0.15) is 26.3 Å². The van der Waals surface area contributed by atoms with Crippen LogP contribution in [0.4, 0.5) is 10.1 Å². The molecule has 7 nitrogen and oxygen atoms in total. The number of hydrogen-bond acceptors (Lipinski definition) is 5. The molecule has 1 N–H and O–H groups in total. The molecule has 0 aliphatic carbocycles. The van der Waals surface area contributed by atoms with E-state index in [1.54, 1.807) is 6.07 Å². The Kier molecular flexibility index (Phi) is 5.20. The number of non-ortho nitro benzene ring substituents is 1. The molecule has 24 heavy (non-hydrogen) atoms. The van der Waals surface area contributed by atoms with Gasteiger partial charge in [0, 0.05) is 29.8 Å². The fourth-order valence-corrected chi connectivity index (χ4v) is 2.00. The van der Waals surface area contributed by atoms with Gasteiger partial charge in [0.2, 0.25) is 0 Å². The maximum Gasteiger partial charge on any atom is 0.338 e. The van der Waals surface area contributed by atoms with Crippen LogP contribution in [0, 0.1) is 15.9 Å².